The van der Waals surface area contributed by atoms with Gasteiger partial charge in [-0.1, -0.05) is 30.3 Å². The Balaban J connectivity index is 1.96. The van der Waals surface area contributed by atoms with E-state index in [1.807, 2.05) is 48.5 Å². The minimum atomic E-state index is -0.350. The minimum Gasteiger partial charge on any atom is -0.354 e. The summed E-state index contributed by atoms with van der Waals surface area (Å²) in [4.78, 5) is 5.88. The molecule has 24 heavy (non-hydrogen) atoms. The summed E-state index contributed by atoms with van der Waals surface area (Å²) in [5, 5.41) is 3.21. The lowest BCUT2D eigenvalue weighted by Gasteiger charge is -2.12. The van der Waals surface area contributed by atoms with Gasteiger partial charge in [0.05, 0.1) is 22.6 Å². The van der Waals surface area contributed by atoms with Crippen LogP contribution in [0.25, 0.3) is 0 Å². The van der Waals surface area contributed by atoms with Crippen LogP contribution in [0.5, 0.6) is 0 Å². The maximum absolute atomic E-state index is 14.3. The van der Waals surface area contributed by atoms with Crippen LogP contribution in [0.4, 0.5) is 21.5 Å². The van der Waals surface area contributed by atoms with Crippen molar-refractivity contribution in [3.8, 4) is 0 Å². The second-order valence-corrected chi connectivity index (χ2v) is 6.05. The van der Waals surface area contributed by atoms with Gasteiger partial charge >= 0.3 is 0 Å². The second-order valence-electron chi connectivity index (χ2n) is 5.09. The monoisotopic (exact) mass is 354 g/mol. The third-order valence-corrected chi connectivity index (χ3v) is 4.21. The van der Waals surface area contributed by atoms with Crippen LogP contribution in [0, 0.1) is 5.82 Å². The van der Waals surface area contributed by atoms with Gasteiger partial charge in [-0.15, -0.1) is 25.3 Å². The van der Waals surface area contributed by atoms with Crippen molar-refractivity contribution in [2.45, 2.75) is 9.79 Å². The molecule has 0 saturated carbocycles. The predicted molar refractivity (Wildman–Crippen MR) is 104 cm³/mol. The van der Waals surface area contributed by atoms with Gasteiger partial charge in [0.2, 0.25) is 0 Å². The topological polar surface area (TPSA) is 24.4 Å². The Morgan fingerprint density at radius 2 is 1.46 bits per heavy atom. The highest BCUT2D eigenvalue weighted by atomic mass is 32.1. The van der Waals surface area contributed by atoms with Gasteiger partial charge in [-0.05, 0) is 36.4 Å². The van der Waals surface area contributed by atoms with E-state index >= 15 is 0 Å². The van der Waals surface area contributed by atoms with E-state index in [9.17, 15) is 4.39 Å². The van der Waals surface area contributed by atoms with E-state index in [0.717, 1.165) is 15.5 Å². The summed E-state index contributed by atoms with van der Waals surface area (Å²) in [6.45, 7) is 0. The Kier molecular flexibility index (Phi) is 5.23. The van der Waals surface area contributed by atoms with Gasteiger partial charge in [0.1, 0.15) is 5.82 Å². The largest absolute Gasteiger partial charge is 0.354 e. The number of aliphatic imine (C=N–C) groups is 1. The Labute approximate surface area is 151 Å². The van der Waals surface area contributed by atoms with Crippen molar-refractivity contribution in [2.24, 2.45) is 4.99 Å². The molecule has 0 atom stereocenters. The number of halogens is 1. The number of rotatable bonds is 4. The van der Waals surface area contributed by atoms with Gasteiger partial charge in [0.25, 0.3) is 0 Å². The zero-order chi connectivity index (χ0) is 16.9. The molecule has 2 nitrogen and oxygen atoms in total. The number of nitrogens with one attached hydrogen (secondary N) is 1. The molecule has 0 heterocycles. The molecule has 0 spiro atoms. The Morgan fingerprint density at radius 3 is 2.21 bits per heavy atom. The Morgan fingerprint density at radius 1 is 0.792 bits per heavy atom. The average molecular weight is 354 g/mol. The number of nitrogens with zero attached hydrogens (tertiary/aromatic N) is 1. The molecule has 0 amide bonds. The lowest BCUT2D eigenvalue weighted by atomic mass is 10.1. The average Bonchev–Trinajstić information content (AvgIpc) is 2.58. The fraction of sp³-hybridized carbons (Fsp3) is 0. The molecule has 1 N–H and O–H groups in total. The van der Waals surface area contributed by atoms with E-state index in [1.54, 1.807) is 12.1 Å². The fourth-order valence-electron chi connectivity index (χ4n) is 2.21. The van der Waals surface area contributed by atoms with Gasteiger partial charge < -0.3 is 5.32 Å². The molecule has 120 valence electrons. The van der Waals surface area contributed by atoms with Crippen molar-refractivity contribution in [2.75, 3.05) is 5.32 Å². The number of para-hydroxylation sites is 2. The number of anilines is 2. The standard InChI is InChI=1S/C19H15FN2S2/c20-14-6-5-9-15(22-17-8-2-4-11-19(17)24)13(14)12-21-16-7-1-3-10-18(16)23/h1-12,22-24H. The highest BCUT2D eigenvalue weighted by Gasteiger charge is 2.08. The second kappa shape index (κ2) is 7.55. The normalized spacial score (nSPS) is 11.0. The van der Waals surface area contributed by atoms with E-state index in [-0.39, 0.29) is 5.82 Å². The number of thiol groups is 2. The lowest BCUT2D eigenvalue weighted by Crippen LogP contribution is -1.99. The molecule has 0 aromatic heterocycles. The summed E-state index contributed by atoms with van der Waals surface area (Å²) in [5.74, 6) is -0.350. The SMILES string of the molecule is Fc1cccc(Nc2ccccc2S)c1C=Nc1ccccc1S. The van der Waals surface area contributed by atoms with Crippen molar-refractivity contribution in [3.05, 3.63) is 78.1 Å². The molecule has 3 aromatic carbocycles. The van der Waals surface area contributed by atoms with Crippen LogP contribution in [0.2, 0.25) is 0 Å². The van der Waals surface area contributed by atoms with Crippen LogP contribution in [-0.2, 0) is 0 Å². The molecule has 0 fully saturated rings. The van der Waals surface area contributed by atoms with E-state index in [1.165, 1.54) is 12.3 Å². The molecule has 0 bridgehead atoms. The summed E-state index contributed by atoms with van der Waals surface area (Å²) in [6.07, 6.45) is 1.51. The third kappa shape index (κ3) is 3.80. The number of hydrogen-bond donors (Lipinski definition) is 3. The molecule has 5 heteroatoms. The first kappa shape index (κ1) is 16.6. The van der Waals surface area contributed by atoms with Crippen LogP contribution in [0.1, 0.15) is 5.56 Å². The third-order valence-electron chi connectivity index (χ3n) is 3.44. The van der Waals surface area contributed by atoms with E-state index in [0.29, 0.717) is 16.9 Å². The molecule has 0 radical (unpaired) electrons. The summed E-state index contributed by atoms with van der Waals surface area (Å²) in [5.41, 5.74) is 2.49. The molecule has 3 rings (SSSR count). The predicted octanol–water partition coefficient (Wildman–Crippen LogP) is 5.90. The first-order valence-corrected chi connectivity index (χ1v) is 8.20. The van der Waals surface area contributed by atoms with Crippen LogP contribution in [0.15, 0.2) is 81.5 Å². The zero-order valence-corrected chi connectivity index (χ0v) is 14.4. The van der Waals surface area contributed by atoms with Gasteiger partial charge in [0, 0.05) is 16.0 Å². The smallest absolute Gasteiger partial charge is 0.134 e. The molecular formula is C19H15FN2S2. The van der Waals surface area contributed by atoms with Gasteiger partial charge in [-0.3, -0.25) is 4.99 Å². The number of hydrogen-bond acceptors (Lipinski definition) is 4. The molecular weight excluding hydrogens is 339 g/mol. The van der Waals surface area contributed by atoms with Crippen molar-refractivity contribution >= 4 is 48.5 Å². The highest BCUT2D eigenvalue weighted by molar-refractivity contribution is 7.80. The highest BCUT2D eigenvalue weighted by Crippen LogP contribution is 2.27. The van der Waals surface area contributed by atoms with Gasteiger partial charge in [0.15, 0.2) is 0 Å². The Bertz CT molecular complexity index is 894. The van der Waals surface area contributed by atoms with Crippen LogP contribution < -0.4 is 5.32 Å². The summed E-state index contributed by atoms with van der Waals surface area (Å²) in [6, 6.07) is 19.8. The molecule has 0 saturated heterocycles. The first-order valence-electron chi connectivity index (χ1n) is 7.31. The van der Waals surface area contributed by atoms with Crippen LogP contribution >= 0.6 is 25.3 Å². The van der Waals surface area contributed by atoms with Gasteiger partial charge in [-0.2, -0.15) is 0 Å². The molecule has 0 aliphatic heterocycles. The lowest BCUT2D eigenvalue weighted by molar-refractivity contribution is 0.626. The minimum absolute atomic E-state index is 0.350. The summed E-state index contributed by atoms with van der Waals surface area (Å²) < 4.78 is 14.3. The quantitative estimate of drug-likeness (QED) is 0.394. The van der Waals surface area contributed by atoms with Crippen LogP contribution in [0.3, 0.4) is 0 Å². The van der Waals surface area contributed by atoms with Crippen molar-refractivity contribution in [1.82, 2.24) is 0 Å². The number of benzene rings is 3. The van der Waals surface area contributed by atoms with Crippen molar-refractivity contribution in [3.63, 3.8) is 0 Å². The summed E-state index contributed by atoms with van der Waals surface area (Å²) >= 11 is 8.77. The first-order chi connectivity index (χ1) is 11.6. The van der Waals surface area contributed by atoms with Crippen LogP contribution in [-0.4, -0.2) is 6.21 Å². The van der Waals surface area contributed by atoms with Gasteiger partial charge in [-0.25, -0.2) is 4.39 Å². The molecule has 0 unspecified atom stereocenters. The summed E-state index contributed by atoms with van der Waals surface area (Å²) in [7, 11) is 0. The zero-order valence-electron chi connectivity index (χ0n) is 12.6. The Hall–Kier alpha value is -2.24. The van der Waals surface area contributed by atoms with E-state index in [4.69, 9.17) is 0 Å². The fourth-order valence-corrected chi connectivity index (χ4v) is 2.64. The maximum Gasteiger partial charge on any atom is 0.134 e. The van der Waals surface area contributed by atoms with E-state index < -0.39 is 0 Å². The maximum atomic E-state index is 14.3. The molecule has 0 aliphatic rings. The molecule has 0 aliphatic carbocycles. The van der Waals surface area contributed by atoms with E-state index in [2.05, 4.69) is 35.6 Å². The molecule has 3 aromatic rings. The van der Waals surface area contributed by atoms with Crippen molar-refractivity contribution in [1.29, 1.82) is 0 Å². The van der Waals surface area contributed by atoms with Crippen molar-refractivity contribution < 1.29 is 4.39 Å².